The number of benzene rings is 1. The normalized spacial score (nSPS) is 19.0. The molecule has 0 bridgehead atoms. The fourth-order valence-electron chi connectivity index (χ4n) is 1.80. The molecule has 1 aromatic rings. The highest BCUT2D eigenvalue weighted by Crippen LogP contribution is 2.14. The van der Waals surface area contributed by atoms with Crippen molar-refractivity contribution in [1.82, 2.24) is 10.6 Å². The monoisotopic (exact) mass is 190 g/mol. The molecule has 1 aliphatic rings. The SMILES string of the molecule is Cc1cccc(C(C)NC2CNC2)c1. The lowest BCUT2D eigenvalue weighted by Gasteiger charge is -2.31. The van der Waals surface area contributed by atoms with Crippen LogP contribution in [-0.4, -0.2) is 19.1 Å². The van der Waals surface area contributed by atoms with Crippen molar-refractivity contribution >= 4 is 0 Å². The highest BCUT2D eigenvalue weighted by Gasteiger charge is 2.18. The topological polar surface area (TPSA) is 24.1 Å². The van der Waals surface area contributed by atoms with Crippen LogP contribution in [-0.2, 0) is 0 Å². The van der Waals surface area contributed by atoms with Crippen LogP contribution in [0.2, 0.25) is 0 Å². The van der Waals surface area contributed by atoms with Crippen molar-refractivity contribution in [3.63, 3.8) is 0 Å². The Kier molecular flexibility index (Phi) is 2.85. The van der Waals surface area contributed by atoms with Gasteiger partial charge in [0.25, 0.3) is 0 Å². The van der Waals surface area contributed by atoms with Gasteiger partial charge in [0, 0.05) is 25.2 Å². The molecule has 0 spiro atoms. The summed E-state index contributed by atoms with van der Waals surface area (Å²) in [6.07, 6.45) is 0. The summed E-state index contributed by atoms with van der Waals surface area (Å²) in [5.41, 5.74) is 2.72. The Bertz CT molecular complexity index is 305. The summed E-state index contributed by atoms with van der Waals surface area (Å²) < 4.78 is 0. The lowest BCUT2D eigenvalue weighted by molar-refractivity contribution is 0.338. The number of aryl methyl sites for hydroxylation is 1. The smallest absolute Gasteiger partial charge is 0.0322 e. The lowest BCUT2D eigenvalue weighted by Crippen LogP contribution is -2.55. The maximum absolute atomic E-state index is 3.60. The number of hydrogen-bond donors (Lipinski definition) is 2. The molecule has 0 saturated carbocycles. The van der Waals surface area contributed by atoms with E-state index in [9.17, 15) is 0 Å². The quantitative estimate of drug-likeness (QED) is 0.757. The first-order chi connectivity index (χ1) is 6.75. The van der Waals surface area contributed by atoms with Gasteiger partial charge in [-0.15, -0.1) is 0 Å². The highest BCUT2D eigenvalue weighted by molar-refractivity contribution is 5.24. The molecular weight excluding hydrogens is 172 g/mol. The molecule has 1 saturated heterocycles. The zero-order valence-corrected chi connectivity index (χ0v) is 8.88. The second-order valence-electron chi connectivity index (χ2n) is 4.16. The molecule has 1 aliphatic heterocycles. The minimum atomic E-state index is 0.460. The number of hydrogen-bond acceptors (Lipinski definition) is 2. The molecule has 0 aromatic heterocycles. The van der Waals surface area contributed by atoms with Crippen LogP contribution in [0.4, 0.5) is 0 Å². The maximum Gasteiger partial charge on any atom is 0.0322 e. The average molecular weight is 190 g/mol. The first-order valence-corrected chi connectivity index (χ1v) is 5.29. The summed E-state index contributed by atoms with van der Waals surface area (Å²) in [7, 11) is 0. The van der Waals surface area contributed by atoms with Crippen molar-refractivity contribution in [3.8, 4) is 0 Å². The van der Waals surface area contributed by atoms with Crippen molar-refractivity contribution < 1.29 is 0 Å². The van der Waals surface area contributed by atoms with Gasteiger partial charge < -0.3 is 10.6 Å². The molecule has 1 fully saturated rings. The third-order valence-corrected chi connectivity index (χ3v) is 2.81. The van der Waals surface area contributed by atoms with Crippen molar-refractivity contribution in [3.05, 3.63) is 35.4 Å². The van der Waals surface area contributed by atoms with Crippen LogP contribution in [0.25, 0.3) is 0 Å². The summed E-state index contributed by atoms with van der Waals surface area (Å²) in [6, 6.07) is 9.83. The molecule has 2 heteroatoms. The van der Waals surface area contributed by atoms with Gasteiger partial charge in [-0.3, -0.25) is 0 Å². The van der Waals surface area contributed by atoms with Crippen LogP contribution in [0.15, 0.2) is 24.3 Å². The second-order valence-corrected chi connectivity index (χ2v) is 4.16. The van der Waals surface area contributed by atoms with Crippen LogP contribution < -0.4 is 10.6 Å². The van der Waals surface area contributed by atoms with E-state index in [-0.39, 0.29) is 0 Å². The third-order valence-electron chi connectivity index (χ3n) is 2.81. The highest BCUT2D eigenvalue weighted by atomic mass is 15.1. The van der Waals surface area contributed by atoms with Crippen molar-refractivity contribution in [2.45, 2.75) is 25.9 Å². The van der Waals surface area contributed by atoms with Gasteiger partial charge in [-0.2, -0.15) is 0 Å². The predicted octanol–water partition coefficient (Wildman–Crippen LogP) is 1.62. The Hall–Kier alpha value is -0.860. The van der Waals surface area contributed by atoms with E-state index in [4.69, 9.17) is 0 Å². The molecule has 2 N–H and O–H groups in total. The minimum absolute atomic E-state index is 0.460. The van der Waals surface area contributed by atoms with Gasteiger partial charge in [-0.25, -0.2) is 0 Å². The standard InChI is InChI=1S/C12H18N2/c1-9-4-3-5-11(6-9)10(2)14-12-7-13-8-12/h3-6,10,12-14H,7-8H2,1-2H3. The molecule has 14 heavy (non-hydrogen) atoms. The maximum atomic E-state index is 3.60. The van der Waals surface area contributed by atoms with Gasteiger partial charge in [0.2, 0.25) is 0 Å². The number of nitrogens with one attached hydrogen (secondary N) is 2. The van der Waals surface area contributed by atoms with E-state index in [0.29, 0.717) is 12.1 Å². The molecule has 1 unspecified atom stereocenters. The van der Waals surface area contributed by atoms with Crippen LogP contribution in [0.1, 0.15) is 24.1 Å². The summed E-state index contributed by atoms with van der Waals surface area (Å²) in [4.78, 5) is 0. The minimum Gasteiger partial charge on any atom is -0.314 e. The van der Waals surface area contributed by atoms with E-state index < -0.39 is 0 Å². The van der Waals surface area contributed by atoms with E-state index in [0.717, 1.165) is 13.1 Å². The molecule has 1 aromatic carbocycles. The zero-order valence-electron chi connectivity index (χ0n) is 8.88. The fourth-order valence-corrected chi connectivity index (χ4v) is 1.80. The molecule has 76 valence electrons. The molecule has 1 atom stereocenters. The van der Waals surface area contributed by atoms with Crippen LogP contribution in [0.3, 0.4) is 0 Å². The summed E-state index contributed by atoms with van der Waals surface area (Å²) >= 11 is 0. The van der Waals surface area contributed by atoms with Gasteiger partial charge in [-0.1, -0.05) is 29.8 Å². The van der Waals surface area contributed by atoms with Crippen LogP contribution in [0, 0.1) is 6.92 Å². The molecule has 2 rings (SSSR count). The Morgan fingerprint density at radius 3 is 2.79 bits per heavy atom. The Morgan fingerprint density at radius 1 is 1.43 bits per heavy atom. The third kappa shape index (κ3) is 2.14. The predicted molar refractivity (Wildman–Crippen MR) is 59.4 cm³/mol. The molecular formula is C12H18N2. The molecule has 0 amide bonds. The van der Waals surface area contributed by atoms with Crippen LogP contribution >= 0.6 is 0 Å². The average Bonchev–Trinajstić information content (AvgIpc) is 2.11. The zero-order chi connectivity index (χ0) is 9.97. The lowest BCUT2D eigenvalue weighted by atomic mass is 10.0. The van der Waals surface area contributed by atoms with Gasteiger partial charge in [0.1, 0.15) is 0 Å². The van der Waals surface area contributed by atoms with Gasteiger partial charge in [0.05, 0.1) is 0 Å². The van der Waals surface area contributed by atoms with Gasteiger partial charge in [0.15, 0.2) is 0 Å². The molecule has 0 aliphatic carbocycles. The number of rotatable bonds is 3. The largest absolute Gasteiger partial charge is 0.314 e. The fraction of sp³-hybridized carbons (Fsp3) is 0.500. The van der Waals surface area contributed by atoms with E-state index >= 15 is 0 Å². The molecule has 0 radical (unpaired) electrons. The van der Waals surface area contributed by atoms with Crippen molar-refractivity contribution in [2.75, 3.05) is 13.1 Å². The Labute approximate surface area is 85.7 Å². The second kappa shape index (κ2) is 4.11. The Morgan fingerprint density at radius 2 is 2.21 bits per heavy atom. The van der Waals surface area contributed by atoms with E-state index in [1.54, 1.807) is 0 Å². The molecule has 1 heterocycles. The van der Waals surface area contributed by atoms with Gasteiger partial charge >= 0.3 is 0 Å². The van der Waals surface area contributed by atoms with Crippen molar-refractivity contribution in [2.24, 2.45) is 0 Å². The first kappa shape index (κ1) is 9.69. The summed E-state index contributed by atoms with van der Waals surface area (Å²) in [5, 5.41) is 6.86. The van der Waals surface area contributed by atoms with E-state index in [1.165, 1.54) is 11.1 Å². The summed E-state index contributed by atoms with van der Waals surface area (Å²) in [5.74, 6) is 0. The van der Waals surface area contributed by atoms with E-state index in [1.807, 2.05) is 0 Å². The Balaban J connectivity index is 1.98. The molecule has 2 nitrogen and oxygen atoms in total. The van der Waals surface area contributed by atoms with Gasteiger partial charge in [-0.05, 0) is 19.4 Å². The van der Waals surface area contributed by atoms with Crippen molar-refractivity contribution in [1.29, 1.82) is 0 Å². The van der Waals surface area contributed by atoms with E-state index in [2.05, 4.69) is 48.7 Å². The first-order valence-electron chi connectivity index (χ1n) is 5.29. The summed E-state index contributed by atoms with van der Waals surface area (Å²) in [6.45, 7) is 6.58. The van der Waals surface area contributed by atoms with Crippen LogP contribution in [0.5, 0.6) is 0 Å².